The summed E-state index contributed by atoms with van der Waals surface area (Å²) in [6, 6.07) is 6.53. The molecular weight excluding hydrogens is 253 g/mol. The lowest BCUT2D eigenvalue weighted by atomic mass is 10.1. The number of nitrogens with zero attached hydrogens (tertiary/aromatic N) is 2. The molecule has 3 nitrogen and oxygen atoms in total. The first-order valence-corrected chi connectivity index (χ1v) is 6.15. The van der Waals surface area contributed by atoms with Crippen LogP contribution in [0.4, 0.5) is 10.3 Å². The molecule has 1 N–H and O–H groups in total. The number of nitrogens with one attached hydrogen (secondary N) is 1. The van der Waals surface area contributed by atoms with Gasteiger partial charge in [-0.25, -0.2) is 14.4 Å². The molecule has 0 spiro atoms. The summed E-state index contributed by atoms with van der Waals surface area (Å²) in [6.07, 6.45) is 3.99. The van der Waals surface area contributed by atoms with Crippen molar-refractivity contribution in [2.75, 3.05) is 5.32 Å². The van der Waals surface area contributed by atoms with Gasteiger partial charge in [-0.3, -0.25) is 0 Å². The molecule has 1 aromatic carbocycles. The number of benzene rings is 1. The van der Waals surface area contributed by atoms with E-state index < -0.39 is 0 Å². The van der Waals surface area contributed by atoms with E-state index in [0.29, 0.717) is 28.3 Å². The Hall–Kier alpha value is -1.68. The molecule has 1 aliphatic rings. The second kappa shape index (κ2) is 4.53. The van der Waals surface area contributed by atoms with Gasteiger partial charge in [-0.15, -0.1) is 0 Å². The van der Waals surface area contributed by atoms with Crippen LogP contribution in [0.2, 0.25) is 5.02 Å². The van der Waals surface area contributed by atoms with Gasteiger partial charge in [0.1, 0.15) is 5.82 Å². The molecule has 0 bridgehead atoms. The van der Waals surface area contributed by atoms with Crippen LogP contribution in [-0.4, -0.2) is 16.0 Å². The minimum absolute atomic E-state index is 0.353. The molecule has 5 heteroatoms. The first-order chi connectivity index (χ1) is 8.72. The minimum Gasteiger partial charge on any atom is -0.351 e. The summed E-state index contributed by atoms with van der Waals surface area (Å²) in [7, 11) is 0. The third-order valence-corrected chi connectivity index (χ3v) is 3.09. The predicted octanol–water partition coefficient (Wildman–Crippen LogP) is 3.51. The van der Waals surface area contributed by atoms with Crippen molar-refractivity contribution in [1.29, 1.82) is 0 Å². The number of anilines is 1. The van der Waals surface area contributed by atoms with E-state index in [1.54, 1.807) is 18.3 Å². The molecule has 0 unspecified atom stereocenters. The largest absolute Gasteiger partial charge is 0.351 e. The zero-order valence-corrected chi connectivity index (χ0v) is 10.3. The van der Waals surface area contributed by atoms with E-state index in [9.17, 15) is 4.39 Å². The molecule has 0 aliphatic heterocycles. The number of aromatic nitrogens is 2. The summed E-state index contributed by atoms with van der Waals surface area (Å²) in [5.74, 6) is 0.240. The quantitative estimate of drug-likeness (QED) is 0.921. The van der Waals surface area contributed by atoms with Crippen LogP contribution >= 0.6 is 11.6 Å². The average Bonchev–Trinajstić information content (AvgIpc) is 3.13. The van der Waals surface area contributed by atoms with Gasteiger partial charge in [0.25, 0.3) is 0 Å². The van der Waals surface area contributed by atoms with Crippen LogP contribution in [0.1, 0.15) is 12.8 Å². The topological polar surface area (TPSA) is 37.8 Å². The van der Waals surface area contributed by atoms with Crippen LogP contribution in [-0.2, 0) is 0 Å². The first kappa shape index (κ1) is 11.4. The summed E-state index contributed by atoms with van der Waals surface area (Å²) in [5, 5.41) is 3.57. The van der Waals surface area contributed by atoms with Crippen molar-refractivity contribution in [3.8, 4) is 11.3 Å². The van der Waals surface area contributed by atoms with Crippen LogP contribution < -0.4 is 5.32 Å². The standard InChI is InChI=1S/C13H11ClFN3/c14-11-7-8(15)1-4-10(11)12-5-6-16-13(18-12)17-9-2-3-9/h1,4-7,9H,2-3H2,(H,16,17,18). The number of hydrogen-bond acceptors (Lipinski definition) is 3. The molecular formula is C13H11ClFN3. The maximum absolute atomic E-state index is 13.0. The predicted molar refractivity (Wildman–Crippen MR) is 69.1 cm³/mol. The lowest BCUT2D eigenvalue weighted by molar-refractivity contribution is 0.628. The third kappa shape index (κ3) is 2.43. The Morgan fingerprint density at radius 3 is 2.83 bits per heavy atom. The Bertz CT molecular complexity index is 584. The number of hydrogen-bond donors (Lipinski definition) is 1. The number of rotatable bonds is 3. The zero-order valence-electron chi connectivity index (χ0n) is 9.53. The monoisotopic (exact) mass is 263 g/mol. The SMILES string of the molecule is Fc1ccc(-c2ccnc(NC3CC3)n2)c(Cl)c1. The maximum atomic E-state index is 13.0. The lowest BCUT2D eigenvalue weighted by Crippen LogP contribution is -2.05. The van der Waals surface area contributed by atoms with Crippen LogP contribution in [0.5, 0.6) is 0 Å². The molecule has 1 fully saturated rings. The van der Waals surface area contributed by atoms with Crippen LogP contribution in [0, 0.1) is 5.82 Å². The van der Waals surface area contributed by atoms with Crippen molar-refractivity contribution < 1.29 is 4.39 Å². The van der Waals surface area contributed by atoms with Gasteiger partial charge in [-0.2, -0.15) is 0 Å². The van der Waals surface area contributed by atoms with E-state index in [-0.39, 0.29) is 5.82 Å². The van der Waals surface area contributed by atoms with Crippen LogP contribution in [0.15, 0.2) is 30.5 Å². The lowest BCUT2D eigenvalue weighted by Gasteiger charge is -2.06. The molecule has 0 radical (unpaired) electrons. The van der Waals surface area contributed by atoms with Crippen molar-refractivity contribution >= 4 is 17.5 Å². The van der Waals surface area contributed by atoms with Gasteiger partial charge in [0, 0.05) is 17.8 Å². The Labute approximate surface area is 109 Å². The molecule has 1 heterocycles. The van der Waals surface area contributed by atoms with Crippen molar-refractivity contribution in [2.24, 2.45) is 0 Å². The van der Waals surface area contributed by atoms with Gasteiger partial charge in [0.2, 0.25) is 5.95 Å². The van der Waals surface area contributed by atoms with E-state index in [2.05, 4.69) is 15.3 Å². The zero-order chi connectivity index (χ0) is 12.5. The highest BCUT2D eigenvalue weighted by Crippen LogP contribution is 2.28. The van der Waals surface area contributed by atoms with Gasteiger partial charge < -0.3 is 5.32 Å². The first-order valence-electron chi connectivity index (χ1n) is 5.77. The Balaban J connectivity index is 1.94. The van der Waals surface area contributed by atoms with Gasteiger partial charge in [0.15, 0.2) is 0 Å². The fourth-order valence-corrected chi connectivity index (χ4v) is 1.95. The van der Waals surface area contributed by atoms with E-state index in [0.717, 1.165) is 12.8 Å². The van der Waals surface area contributed by atoms with E-state index in [4.69, 9.17) is 11.6 Å². The second-order valence-corrected chi connectivity index (χ2v) is 4.72. The summed E-state index contributed by atoms with van der Waals surface area (Å²) < 4.78 is 13.0. The Morgan fingerprint density at radius 1 is 1.28 bits per heavy atom. The smallest absolute Gasteiger partial charge is 0.223 e. The average molecular weight is 264 g/mol. The summed E-state index contributed by atoms with van der Waals surface area (Å²) in [5.41, 5.74) is 1.40. The molecule has 1 aromatic heterocycles. The van der Waals surface area contributed by atoms with Crippen molar-refractivity contribution in [1.82, 2.24) is 9.97 Å². The molecule has 0 atom stereocenters. The third-order valence-electron chi connectivity index (χ3n) is 2.77. The van der Waals surface area contributed by atoms with E-state index in [1.165, 1.54) is 12.1 Å². The van der Waals surface area contributed by atoms with Crippen molar-refractivity contribution in [3.05, 3.63) is 41.3 Å². The second-order valence-electron chi connectivity index (χ2n) is 4.31. The molecule has 2 aromatic rings. The van der Waals surface area contributed by atoms with E-state index >= 15 is 0 Å². The highest BCUT2D eigenvalue weighted by molar-refractivity contribution is 6.33. The summed E-state index contributed by atoms with van der Waals surface area (Å²) >= 11 is 6.01. The molecule has 18 heavy (non-hydrogen) atoms. The highest BCUT2D eigenvalue weighted by atomic mass is 35.5. The van der Waals surface area contributed by atoms with Gasteiger partial charge in [-0.1, -0.05) is 11.6 Å². The fourth-order valence-electron chi connectivity index (χ4n) is 1.69. The fraction of sp³-hybridized carbons (Fsp3) is 0.231. The van der Waals surface area contributed by atoms with Crippen molar-refractivity contribution in [3.63, 3.8) is 0 Å². The summed E-state index contributed by atoms with van der Waals surface area (Å²) in [4.78, 5) is 8.54. The molecule has 92 valence electrons. The van der Waals surface area contributed by atoms with Crippen LogP contribution in [0.3, 0.4) is 0 Å². The van der Waals surface area contributed by atoms with Gasteiger partial charge in [-0.05, 0) is 37.1 Å². The van der Waals surface area contributed by atoms with Crippen molar-refractivity contribution in [2.45, 2.75) is 18.9 Å². The molecule has 3 rings (SSSR count). The molecule has 1 saturated carbocycles. The van der Waals surface area contributed by atoms with E-state index in [1.807, 2.05) is 0 Å². The molecule has 1 aliphatic carbocycles. The van der Waals surface area contributed by atoms with Gasteiger partial charge >= 0.3 is 0 Å². The Kier molecular flexibility index (Phi) is 2.88. The minimum atomic E-state index is -0.353. The summed E-state index contributed by atoms with van der Waals surface area (Å²) in [6.45, 7) is 0. The molecule has 0 amide bonds. The normalized spacial score (nSPS) is 14.6. The Morgan fingerprint density at radius 2 is 2.11 bits per heavy atom. The molecule has 0 saturated heterocycles. The number of halogens is 2. The van der Waals surface area contributed by atoms with Crippen LogP contribution in [0.25, 0.3) is 11.3 Å². The maximum Gasteiger partial charge on any atom is 0.223 e. The highest BCUT2D eigenvalue weighted by Gasteiger charge is 2.22. The van der Waals surface area contributed by atoms with Gasteiger partial charge in [0.05, 0.1) is 10.7 Å².